The summed E-state index contributed by atoms with van der Waals surface area (Å²) in [7, 11) is 0. The van der Waals surface area contributed by atoms with Crippen LogP contribution >= 0.6 is 43.2 Å². The van der Waals surface area contributed by atoms with Crippen LogP contribution in [0.15, 0.2) is 45.3 Å². The molecule has 7 heteroatoms. The number of anilines is 2. The Morgan fingerprint density at radius 3 is 2.62 bits per heavy atom. The molecule has 3 rings (SSSR count). The SMILES string of the molecule is Nc1nc2c(Br)cc(NC(=O)c3ccc(Br)cc3)cc2s1. The fourth-order valence-electron chi connectivity index (χ4n) is 1.88. The highest BCUT2D eigenvalue weighted by Gasteiger charge is 2.10. The van der Waals surface area contributed by atoms with Gasteiger partial charge in [-0.05, 0) is 52.3 Å². The summed E-state index contributed by atoms with van der Waals surface area (Å²) in [5.74, 6) is -0.161. The largest absolute Gasteiger partial charge is 0.375 e. The van der Waals surface area contributed by atoms with Crippen molar-refractivity contribution < 1.29 is 4.79 Å². The Kier molecular flexibility index (Phi) is 3.97. The van der Waals surface area contributed by atoms with Gasteiger partial charge in [-0.25, -0.2) is 4.98 Å². The minimum atomic E-state index is -0.161. The lowest BCUT2D eigenvalue weighted by Gasteiger charge is -2.06. The molecule has 0 radical (unpaired) electrons. The molecule has 0 atom stereocenters. The van der Waals surface area contributed by atoms with Crippen molar-refractivity contribution in [3.63, 3.8) is 0 Å². The second kappa shape index (κ2) is 5.75. The zero-order valence-corrected chi connectivity index (χ0v) is 14.5. The number of carbonyl (C=O) groups is 1. The van der Waals surface area contributed by atoms with Crippen molar-refractivity contribution in [1.82, 2.24) is 4.98 Å². The summed E-state index contributed by atoms with van der Waals surface area (Å²) in [5.41, 5.74) is 7.81. The van der Waals surface area contributed by atoms with Gasteiger partial charge in [0.05, 0.1) is 10.2 Å². The molecule has 1 heterocycles. The topological polar surface area (TPSA) is 68.0 Å². The van der Waals surface area contributed by atoms with E-state index in [9.17, 15) is 4.79 Å². The van der Waals surface area contributed by atoms with Gasteiger partial charge in [0.25, 0.3) is 5.91 Å². The molecule has 3 aromatic rings. The number of nitrogen functional groups attached to an aromatic ring is 1. The molecule has 106 valence electrons. The average Bonchev–Trinajstić information content (AvgIpc) is 2.80. The molecule has 0 saturated carbocycles. The quantitative estimate of drug-likeness (QED) is 0.626. The fourth-order valence-corrected chi connectivity index (χ4v) is 3.63. The van der Waals surface area contributed by atoms with Crippen molar-refractivity contribution in [3.8, 4) is 0 Å². The molecular weight excluding hydrogens is 418 g/mol. The van der Waals surface area contributed by atoms with Gasteiger partial charge < -0.3 is 11.1 Å². The highest BCUT2D eigenvalue weighted by Crippen LogP contribution is 2.33. The van der Waals surface area contributed by atoms with Crippen LogP contribution < -0.4 is 11.1 Å². The first-order chi connectivity index (χ1) is 10.0. The van der Waals surface area contributed by atoms with Gasteiger partial charge in [0.1, 0.15) is 0 Å². The number of nitrogens with one attached hydrogen (secondary N) is 1. The standard InChI is InChI=1S/C14H9Br2N3OS/c15-8-3-1-7(2-4-8)13(20)18-9-5-10(16)12-11(6-9)21-14(17)19-12/h1-6H,(H2,17,19)(H,18,20). The number of fused-ring (bicyclic) bond motifs is 1. The molecular formula is C14H9Br2N3OS. The summed E-state index contributed by atoms with van der Waals surface area (Å²) in [5, 5.41) is 3.38. The molecule has 1 amide bonds. The van der Waals surface area contributed by atoms with E-state index in [-0.39, 0.29) is 5.91 Å². The Morgan fingerprint density at radius 2 is 1.90 bits per heavy atom. The van der Waals surface area contributed by atoms with Crippen LogP contribution in [0.1, 0.15) is 10.4 Å². The number of rotatable bonds is 2. The van der Waals surface area contributed by atoms with Gasteiger partial charge in [-0.15, -0.1) is 0 Å². The van der Waals surface area contributed by atoms with Crippen molar-refractivity contribution >= 4 is 70.1 Å². The van der Waals surface area contributed by atoms with Crippen molar-refractivity contribution in [2.45, 2.75) is 0 Å². The number of carbonyl (C=O) groups excluding carboxylic acids is 1. The molecule has 21 heavy (non-hydrogen) atoms. The molecule has 0 fully saturated rings. The number of hydrogen-bond donors (Lipinski definition) is 2. The van der Waals surface area contributed by atoms with E-state index >= 15 is 0 Å². The van der Waals surface area contributed by atoms with E-state index in [0.717, 1.165) is 19.2 Å². The molecule has 0 spiro atoms. The number of nitrogens with two attached hydrogens (primary N) is 1. The Hall–Kier alpha value is -1.44. The molecule has 2 aromatic carbocycles. The summed E-state index contributed by atoms with van der Waals surface area (Å²) in [6.45, 7) is 0. The van der Waals surface area contributed by atoms with Crippen LogP contribution in [0.4, 0.5) is 10.8 Å². The second-order valence-electron chi connectivity index (χ2n) is 4.32. The number of amides is 1. The molecule has 3 N–H and O–H groups in total. The summed E-state index contributed by atoms with van der Waals surface area (Å²) < 4.78 is 2.66. The van der Waals surface area contributed by atoms with Crippen LogP contribution in [0.25, 0.3) is 10.2 Å². The number of hydrogen-bond acceptors (Lipinski definition) is 4. The van der Waals surface area contributed by atoms with Crippen molar-refractivity contribution in [2.75, 3.05) is 11.1 Å². The first kappa shape index (κ1) is 14.5. The lowest BCUT2D eigenvalue weighted by molar-refractivity contribution is 0.102. The lowest BCUT2D eigenvalue weighted by Crippen LogP contribution is -2.11. The fraction of sp³-hybridized carbons (Fsp3) is 0. The minimum Gasteiger partial charge on any atom is -0.375 e. The number of benzene rings is 2. The molecule has 4 nitrogen and oxygen atoms in total. The molecule has 0 bridgehead atoms. The van der Waals surface area contributed by atoms with Crippen LogP contribution in [0.2, 0.25) is 0 Å². The van der Waals surface area contributed by atoms with E-state index in [2.05, 4.69) is 42.2 Å². The maximum atomic E-state index is 12.2. The monoisotopic (exact) mass is 425 g/mol. The molecule has 0 aliphatic rings. The van der Waals surface area contributed by atoms with Gasteiger partial charge in [0, 0.05) is 20.2 Å². The minimum absolute atomic E-state index is 0.161. The first-order valence-corrected chi connectivity index (χ1v) is 8.35. The summed E-state index contributed by atoms with van der Waals surface area (Å²) in [6, 6.07) is 10.9. The molecule has 1 aromatic heterocycles. The molecule has 0 saturated heterocycles. The predicted octanol–water partition coefficient (Wildman–Crippen LogP) is 4.66. The highest BCUT2D eigenvalue weighted by molar-refractivity contribution is 9.11. The van der Waals surface area contributed by atoms with Gasteiger partial charge in [-0.2, -0.15) is 0 Å². The van der Waals surface area contributed by atoms with E-state index in [4.69, 9.17) is 5.73 Å². The van der Waals surface area contributed by atoms with Crippen LogP contribution in [-0.2, 0) is 0 Å². The number of thiazole rings is 1. The van der Waals surface area contributed by atoms with Crippen LogP contribution in [-0.4, -0.2) is 10.9 Å². The third-order valence-electron chi connectivity index (χ3n) is 2.83. The smallest absolute Gasteiger partial charge is 0.255 e. The molecule has 0 aliphatic heterocycles. The van der Waals surface area contributed by atoms with E-state index in [1.54, 1.807) is 12.1 Å². The maximum Gasteiger partial charge on any atom is 0.255 e. The maximum absolute atomic E-state index is 12.2. The van der Waals surface area contributed by atoms with Crippen molar-refractivity contribution in [3.05, 3.63) is 50.9 Å². The zero-order chi connectivity index (χ0) is 15.0. The Balaban J connectivity index is 1.90. The number of halogens is 2. The number of nitrogens with zero attached hydrogens (tertiary/aromatic N) is 1. The Bertz CT molecular complexity index is 830. The van der Waals surface area contributed by atoms with E-state index in [0.29, 0.717) is 16.4 Å². The van der Waals surface area contributed by atoms with E-state index in [1.165, 1.54) is 11.3 Å². The first-order valence-electron chi connectivity index (χ1n) is 5.95. The van der Waals surface area contributed by atoms with Crippen molar-refractivity contribution in [2.24, 2.45) is 0 Å². The summed E-state index contributed by atoms with van der Waals surface area (Å²) in [6.07, 6.45) is 0. The van der Waals surface area contributed by atoms with Gasteiger partial charge in [-0.1, -0.05) is 27.3 Å². The lowest BCUT2D eigenvalue weighted by atomic mass is 10.2. The second-order valence-corrected chi connectivity index (χ2v) is 7.15. The Labute approximate surface area is 141 Å². The average molecular weight is 427 g/mol. The normalized spacial score (nSPS) is 10.8. The van der Waals surface area contributed by atoms with Gasteiger partial charge in [0.15, 0.2) is 5.13 Å². The van der Waals surface area contributed by atoms with Gasteiger partial charge in [0.2, 0.25) is 0 Å². The van der Waals surface area contributed by atoms with Crippen LogP contribution in [0.3, 0.4) is 0 Å². The molecule has 0 aliphatic carbocycles. The summed E-state index contributed by atoms with van der Waals surface area (Å²) in [4.78, 5) is 16.4. The zero-order valence-electron chi connectivity index (χ0n) is 10.6. The van der Waals surface area contributed by atoms with Gasteiger partial charge in [-0.3, -0.25) is 4.79 Å². The molecule has 0 unspecified atom stereocenters. The summed E-state index contributed by atoms with van der Waals surface area (Å²) >= 11 is 8.18. The Morgan fingerprint density at radius 1 is 1.19 bits per heavy atom. The third-order valence-corrected chi connectivity index (χ3v) is 4.79. The predicted molar refractivity (Wildman–Crippen MR) is 93.8 cm³/mol. The number of aromatic nitrogens is 1. The van der Waals surface area contributed by atoms with Gasteiger partial charge >= 0.3 is 0 Å². The highest BCUT2D eigenvalue weighted by atomic mass is 79.9. The van der Waals surface area contributed by atoms with E-state index < -0.39 is 0 Å². The van der Waals surface area contributed by atoms with Crippen LogP contribution in [0.5, 0.6) is 0 Å². The van der Waals surface area contributed by atoms with E-state index in [1.807, 2.05) is 24.3 Å². The third kappa shape index (κ3) is 3.09. The van der Waals surface area contributed by atoms with Crippen LogP contribution in [0, 0.1) is 0 Å². The van der Waals surface area contributed by atoms with Crippen molar-refractivity contribution in [1.29, 1.82) is 0 Å².